The van der Waals surface area contributed by atoms with Crippen molar-refractivity contribution in [3.63, 3.8) is 0 Å². The van der Waals surface area contributed by atoms with Gasteiger partial charge < -0.3 is 16.2 Å². The molecule has 0 saturated carbocycles. The van der Waals surface area contributed by atoms with Gasteiger partial charge in [0.05, 0.1) is 16.6 Å². The average molecular weight is 299 g/mol. The minimum absolute atomic E-state index is 0.0332. The van der Waals surface area contributed by atoms with Gasteiger partial charge in [-0.1, -0.05) is 13.8 Å². The lowest BCUT2D eigenvalue weighted by Crippen LogP contribution is -2.39. The number of anilines is 1. The maximum Gasteiger partial charge on any atom is 0.295 e. The Hall–Kier alpha value is -2.22. The summed E-state index contributed by atoms with van der Waals surface area (Å²) in [5.74, 6) is -1.59. The molecule has 0 saturated heterocycles. The fraction of sp³-hybridized carbons (Fsp3) is 0.462. The molecule has 0 aromatic heterocycles. The molecule has 21 heavy (non-hydrogen) atoms. The van der Waals surface area contributed by atoms with Gasteiger partial charge in [-0.3, -0.25) is 14.9 Å². The Kier molecular flexibility index (Phi) is 5.60. The van der Waals surface area contributed by atoms with Gasteiger partial charge in [0.2, 0.25) is 0 Å². The number of rotatable bonds is 6. The third-order valence-electron chi connectivity index (χ3n) is 3.13. The van der Waals surface area contributed by atoms with E-state index >= 15 is 0 Å². The second-order valence-electron chi connectivity index (χ2n) is 4.98. The highest BCUT2D eigenvalue weighted by atomic mass is 19.1. The normalized spacial score (nSPS) is 12.2. The van der Waals surface area contributed by atoms with Crippen molar-refractivity contribution in [1.82, 2.24) is 5.32 Å². The minimum Gasteiger partial charge on any atom is -0.396 e. The van der Waals surface area contributed by atoms with Crippen LogP contribution in [-0.2, 0) is 0 Å². The summed E-state index contributed by atoms with van der Waals surface area (Å²) in [5.41, 5.74) is 4.24. The highest BCUT2D eigenvalue weighted by molar-refractivity contribution is 6.01. The molecule has 1 aromatic carbocycles. The molecular formula is C13H18FN3O4. The van der Waals surface area contributed by atoms with E-state index in [9.17, 15) is 19.3 Å². The third-order valence-corrected chi connectivity index (χ3v) is 3.13. The molecule has 0 spiro atoms. The van der Waals surface area contributed by atoms with Crippen molar-refractivity contribution in [2.24, 2.45) is 5.92 Å². The molecule has 0 heterocycles. The average Bonchev–Trinajstić information content (AvgIpc) is 2.39. The molecule has 1 amide bonds. The summed E-state index contributed by atoms with van der Waals surface area (Å²) >= 11 is 0. The first kappa shape index (κ1) is 16.8. The van der Waals surface area contributed by atoms with Crippen LogP contribution in [0.1, 0.15) is 30.6 Å². The number of halogens is 1. The zero-order valence-electron chi connectivity index (χ0n) is 11.8. The number of nitrogen functional groups attached to an aromatic ring is 1. The van der Waals surface area contributed by atoms with E-state index in [-0.39, 0.29) is 29.8 Å². The van der Waals surface area contributed by atoms with Crippen LogP contribution in [0.2, 0.25) is 0 Å². The smallest absolute Gasteiger partial charge is 0.295 e. The predicted octanol–water partition coefficient (Wildman–Crippen LogP) is 1.45. The van der Waals surface area contributed by atoms with Crippen molar-refractivity contribution in [3.8, 4) is 0 Å². The number of hydrogen-bond donors (Lipinski definition) is 3. The number of hydrogen-bond acceptors (Lipinski definition) is 5. The Morgan fingerprint density at radius 1 is 1.52 bits per heavy atom. The SMILES string of the molecule is CC(C)C(CCO)NC(=O)c1cc(F)cc([N+](=O)[O-])c1N. The number of nitrogens with one attached hydrogen (secondary N) is 1. The van der Waals surface area contributed by atoms with Crippen molar-refractivity contribution in [1.29, 1.82) is 0 Å². The maximum atomic E-state index is 13.4. The molecule has 4 N–H and O–H groups in total. The number of nitro groups is 1. The molecule has 116 valence electrons. The van der Waals surface area contributed by atoms with Gasteiger partial charge in [-0.2, -0.15) is 0 Å². The van der Waals surface area contributed by atoms with Gasteiger partial charge >= 0.3 is 0 Å². The molecule has 0 aliphatic carbocycles. The summed E-state index contributed by atoms with van der Waals surface area (Å²) in [4.78, 5) is 22.1. The van der Waals surface area contributed by atoms with Crippen LogP contribution >= 0.6 is 0 Å². The molecular weight excluding hydrogens is 281 g/mol. The van der Waals surface area contributed by atoms with E-state index in [0.29, 0.717) is 12.5 Å². The van der Waals surface area contributed by atoms with Crippen LogP contribution in [0.4, 0.5) is 15.8 Å². The summed E-state index contributed by atoms with van der Waals surface area (Å²) in [6.07, 6.45) is 0.320. The summed E-state index contributed by atoms with van der Waals surface area (Å²) in [6, 6.07) is 1.18. The Morgan fingerprint density at radius 3 is 2.62 bits per heavy atom. The van der Waals surface area contributed by atoms with Gasteiger partial charge in [-0.15, -0.1) is 0 Å². The van der Waals surface area contributed by atoms with Crippen LogP contribution in [0, 0.1) is 21.8 Å². The number of nitro benzene ring substituents is 1. The summed E-state index contributed by atoms with van der Waals surface area (Å²) < 4.78 is 13.4. The van der Waals surface area contributed by atoms with Gasteiger partial charge in [0, 0.05) is 12.6 Å². The zero-order chi connectivity index (χ0) is 16.2. The summed E-state index contributed by atoms with van der Waals surface area (Å²) in [5, 5.41) is 22.3. The molecule has 1 rings (SSSR count). The van der Waals surface area contributed by atoms with E-state index in [4.69, 9.17) is 10.8 Å². The lowest BCUT2D eigenvalue weighted by Gasteiger charge is -2.21. The molecule has 0 aliphatic rings. The zero-order valence-corrected chi connectivity index (χ0v) is 11.8. The lowest BCUT2D eigenvalue weighted by molar-refractivity contribution is -0.384. The fourth-order valence-corrected chi connectivity index (χ4v) is 1.90. The largest absolute Gasteiger partial charge is 0.396 e. The van der Waals surface area contributed by atoms with Crippen LogP contribution in [0.15, 0.2) is 12.1 Å². The molecule has 0 radical (unpaired) electrons. The van der Waals surface area contributed by atoms with E-state index in [1.807, 2.05) is 13.8 Å². The van der Waals surface area contributed by atoms with Crippen LogP contribution in [0.25, 0.3) is 0 Å². The van der Waals surface area contributed by atoms with E-state index in [2.05, 4.69) is 5.32 Å². The molecule has 7 nitrogen and oxygen atoms in total. The Bertz CT molecular complexity index is 548. The topological polar surface area (TPSA) is 118 Å². The molecule has 0 bridgehead atoms. The first-order valence-electron chi connectivity index (χ1n) is 6.43. The number of nitrogens with zero attached hydrogens (tertiary/aromatic N) is 1. The highest BCUT2D eigenvalue weighted by Crippen LogP contribution is 2.27. The Labute approximate surface area is 121 Å². The highest BCUT2D eigenvalue weighted by Gasteiger charge is 2.24. The number of aliphatic hydroxyl groups excluding tert-OH is 1. The Balaban J connectivity index is 3.10. The molecule has 8 heteroatoms. The number of carbonyl (C=O) groups is 1. The van der Waals surface area contributed by atoms with Crippen LogP contribution < -0.4 is 11.1 Å². The van der Waals surface area contributed by atoms with Crippen molar-refractivity contribution in [2.45, 2.75) is 26.3 Å². The van der Waals surface area contributed by atoms with E-state index in [1.54, 1.807) is 0 Å². The predicted molar refractivity (Wildman–Crippen MR) is 75.3 cm³/mol. The number of aliphatic hydroxyl groups is 1. The maximum absolute atomic E-state index is 13.4. The lowest BCUT2D eigenvalue weighted by atomic mass is 10.0. The first-order valence-corrected chi connectivity index (χ1v) is 6.43. The summed E-state index contributed by atoms with van der Waals surface area (Å²) in [7, 11) is 0. The van der Waals surface area contributed by atoms with E-state index < -0.39 is 22.3 Å². The van der Waals surface area contributed by atoms with Crippen molar-refractivity contribution in [2.75, 3.05) is 12.3 Å². The summed E-state index contributed by atoms with van der Waals surface area (Å²) in [6.45, 7) is 3.57. The fourth-order valence-electron chi connectivity index (χ4n) is 1.90. The second kappa shape index (κ2) is 6.98. The third kappa shape index (κ3) is 4.12. The molecule has 1 unspecified atom stereocenters. The Morgan fingerprint density at radius 2 is 2.14 bits per heavy atom. The number of amides is 1. The van der Waals surface area contributed by atoms with Gasteiger partial charge in [0.15, 0.2) is 0 Å². The molecule has 1 atom stereocenters. The first-order chi connectivity index (χ1) is 9.77. The number of benzene rings is 1. The second-order valence-corrected chi connectivity index (χ2v) is 4.98. The van der Waals surface area contributed by atoms with Gasteiger partial charge in [0.1, 0.15) is 11.5 Å². The van der Waals surface area contributed by atoms with E-state index in [0.717, 1.165) is 6.07 Å². The minimum atomic E-state index is -0.913. The number of nitrogens with two attached hydrogens (primary N) is 1. The monoisotopic (exact) mass is 299 g/mol. The molecule has 0 fully saturated rings. The van der Waals surface area contributed by atoms with Gasteiger partial charge in [0.25, 0.3) is 11.6 Å². The van der Waals surface area contributed by atoms with E-state index in [1.165, 1.54) is 0 Å². The van der Waals surface area contributed by atoms with Crippen molar-refractivity contribution < 1.29 is 19.2 Å². The van der Waals surface area contributed by atoms with Gasteiger partial charge in [-0.05, 0) is 18.4 Å². The van der Waals surface area contributed by atoms with Crippen molar-refractivity contribution >= 4 is 17.3 Å². The van der Waals surface area contributed by atoms with Crippen LogP contribution in [0.5, 0.6) is 0 Å². The van der Waals surface area contributed by atoms with Gasteiger partial charge in [-0.25, -0.2) is 4.39 Å². The standard InChI is InChI=1S/C13H18FN3O4/c1-7(2)10(3-4-18)16-13(19)9-5-8(14)6-11(12(9)15)17(20)21/h5-7,10,18H,3-4,15H2,1-2H3,(H,16,19). The molecule has 1 aromatic rings. The van der Waals surface area contributed by atoms with Crippen LogP contribution in [0.3, 0.4) is 0 Å². The number of carbonyl (C=O) groups excluding carboxylic acids is 1. The van der Waals surface area contributed by atoms with Crippen LogP contribution in [-0.4, -0.2) is 28.6 Å². The van der Waals surface area contributed by atoms with Crippen molar-refractivity contribution in [3.05, 3.63) is 33.6 Å². The molecule has 0 aliphatic heterocycles. The quantitative estimate of drug-likeness (QED) is 0.417.